The smallest absolute Gasteiger partial charge is 0.251 e. The fraction of sp³-hybridized carbons (Fsp3) is 0.0909. The number of carbonyl (C=O) groups is 1. The highest BCUT2D eigenvalue weighted by Gasteiger charge is 2.08. The Morgan fingerprint density at radius 1 is 1.47 bits per heavy atom. The molecule has 2 N–H and O–H groups in total. The number of rotatable bonds is 3. The number of hydrogen-bond donors (Lipinski definition) is 2. The molecule has 1 amide bonds. The number of phenolic OH excluding ortho intramolecular Hbond substituents is 1. The predicted octanol–water partition coefficient (Wildman–Crippen LogP) is 1.91. The Kier molecular flexibility index (Phi) is 3.62. The summed E-state index contributed by atoms with van der Waals surface area (Å²) in [6.45, 7) is 0.294. The normalized spacial score (nSPS) is 10.2. The van der Waals surface area contributed by atoms with Gasteiger partial charge in [-0.2, -0.15) is 0 Å². The van der Waals surface area contributed by atoms with Crippen LogP contribution in [0.2, 0.25) is 0 Å². The van der Waals surface area contributed by atoms with Gasteiger partial charge in [-0.05, 0) is 40.8 Å². The van der Waals surface area contributed by atoms with E-state index >= 15 is 0 Å². The van der Waals surface area contributed by atoms with Crippen LogP contribution < -0.4 is 5.32 Å². The van der Waals surface area contributed by atoms with Crippen molar-refractivity contribution in [2.24, 2.45) is 0 Å². The van der Waals surface area contributed by atoms with E-state index < -0.39 is 0 Å². The first-order chi connectivity index (χ1) is 8.16. The zero-order chi connectivity index (χ0) is 12.3. The largest absolute Gasteiger partial charge is 0.507 e. The minimum Gasteiger partial charge on any atom is -0.507 e. The van der Waals surface area contributed by atoms with E-state index in [0.717, 1.165) is 0 Å². The van der Waals surface area contributed by atoms with Gasteiger partial charge in [0, 0.05) is 11.6 Å². The maximum absolute atomic E-state index is 11.7. The monoisotopic (exact) mass is 344 g/mol. The van der Waals surface area contributed by atoms with E-state index in [2.05, 4.69) is 15.0 Å². The first-order valence-corrected chi connectivity index (χ1v) is 5.90. The van der Waals surface area contributed by atoms with Gasteiger partial charge in [0.05, 0.1) is 10.1 Å². The summed E-state index contributed by atoms with van der Waals surface area (Å²) in [7, 11) is 0. The summed E-state index contributed by atoms with van der Waals surface area (Å²) in [5, 5.41) is 15.8. The number of aromatic nitrogens is 1. The molecule has 17 heavy (non-hydrogen) atoms. The topological polar surface area (TPSA) is 75.4 Å². The van der Waals surface area contributed by atoms with Crippen LogP contribution in [0.3, 0.4) is 0 Å². The molecule has 0 fully saturated rings. The van der Waals surface area contributed by atoms with Gasteiger partial charge in [0.25, 0.3) is 5.91 Å². The standard InChI is InChI=1S/C11H9IN2O3/c12-9-2-1-7(5-10(9)15)11(16)13-6-8-3-4-17-14-8/h1-5,15H,6H2,(H,13,16). The van der Waals surface area contributed by atoms with E-state index in [1.165, 1.54) is 12.3 Å². The SMILES string of the molecule is O=C(NCc1ccon1)c1ccc(I)c(O)c1. The van der Waals surface area contributed by atoms with Crippen molar-refractivity contribution >= 4 is 28.5 Å². The fourth-order valence-electron chi connectivity index (χ4n) is 1.26. The summed E-state index contributed by atoms with van der Waals surface area (Å²) in [6, 6.07) is 6.44. The molecular weight excluding hydrogens is 335 g/mol. The third-order valence-corrected chi connectivity index (χ3v) is 3.04. The maximum Gasteiger partial charge on any atom is 0.251 e. The zero-order valence-corrected chi connectivity index (χ0v) is 10.8. The third kappa shape index (κ3) is 2.96. The van der Waals surface area contributed by atoms with Crippen molar-refractivity contribution in [2.45, 2.75) is 6.54 Å². The Bertz CT molecular complexity index is 526. The number of carbonyl (C=O) groups excluding carboxylic acids is 1. The molecule has 0 bridgehead atoms. The lowest BCUT2D eigenvalue weighted by molar-refractivity contribution is 0.0949. The molecule has 2 aromatic rings. The summed E-state index contributed by atoms with van der Waals surface area (Å²) < 4.78 is 5.35. The van der Waals surface area contributed by atoms with E-state index in [9.17, 15) is 9.90 Å². The number of aromatic hydroxyl groups is 1. The zero-order valence-electron chi connectivity index (χ0n) is 8.68. The van der Waals surface area contributed by atoms with Gasteiger partial charge in [0.1, 0.15) is 17.7 Å². The number of halogens is 1. The molecule has 0 unspecified atom stereocenters. The van der Waals surface area contributed by atoms with Gasteiger partial charge in [-0.3, -0.25) is 4.79 Å². The second-order valence-electron chi connectivity index (χ2n) is 3.34. The van der Waals surface area contributed by atoms with E-state index in [1.807, 2.05) is 22.6 Å². The van der Waals surface area contributed by atoms with Crippen molar-refractivity contribution in [3.05, 3.63) is 45.4 Å². The Morgan fingerprint density at radius 2 is 2.29 bits per heavy atom. The predicted molar refractivity (Wildman–Crippen MR) is 68.5 cm³/mol. The second kappa shape index (κ2) is 5.17. The number of hydrogen-bond acceptors (Lipinski definition) is 4. The molecule has 0 saturated carbocycles. The third-order valence-electron chi connectivity index (χ3n) is 2.13. The van der Waals surface area contributed by atoms with Crippen molar-refractivity contribution in [1.29, 1.82) is 0 Å². The fourth-order valence-corrected chi connectivity index (χ4v) is 1.59. The molecule has 0 aliphatic rings. The van der Waals surface area contributed by atoms with Crippen LogP contribution in [-0.4, -0.2) is 16.2 Å². The molecule has 1 heterocycles. The maximum atomic E-state index is 11.7. The van der Waals surface area contributed by atoms with Gasteiger partial charge < -0.3 is 14.9 Å². The van der Waals surface area contributed by atoms with E-state index in [0.29, 0.717) is 21.4 Å². The molecular formula is C11H9IN2O3. The van der Waals surface area contributed by atoms with Crippen LogP contribution in [0.1, 0.15) is 16.1 Å². The van der Waals surface area contributed by atoms with Crippen molar-refractivity contribution in [3.63, 3.8) is 0 Å². The van der Waals surface area contributed by atoms with E-state index in [4.69, 9.17) is 0 Å². The Morgan fingerprint density at radius 3 is 2.94 bits per heavy atom. The van der Waals surface area contributed by atoms with Gasteiger partial charge in [-0.25, -0.2) is 0 Å². The van der Waals surface area contributed by atoms with Crippen LogP contribution in [0.4, 0.5) is 0 Å². The van der Waals surface area contributed by atoms with Gasteiger partial charge >= 0.3 is 0 Å². The van der Waals surface area contributed by atoms with Crippen LogP contribution in [0.5, 0.6) is 5.75 Å². The molecule has 2 rings (SSSR count). The molecule has 1 aromatic heterocycles. The van der Waals surface area contributed by atoms with Crippen molar-refractivity contribution in [1.82, 2.24) is 10.5 Å². The van der Waals surface area contributed by atoms with Crippen LogP contribution in [0, 0.1) is 3.57 Å². The molecule has 1 aromatic carbocycles. The lowest BCUT2D eigenvalue weighted by atomic mass is 10.2. The lowest BCUT2D eigenvalue weighted by Crippen LogP contribution is -2.22. The molecule has 0 aliphatic heterocycles. The second-order valence-corrected chi connectivity index (χ2v) is 4.50. The molecule has 0 radical (unpaired) electrons. The highest BCUT2D eigenvalue weighted by atomic mass is 127. The number of amides is 1. The average molecular weight is 344 g/mol. The summed E-state index contributed by atoms with van der Waals surface area (Å²) >= 11 is 1.99. The van der Waals surface area contributed by atoms with Crippen LogP contribution in [-0.2, 0) is 6.54 Å². The van der Waals surface area contributed by atoms with Crippen LogP contribution >= 0.6 is 22.6 Å². The first-order valence-electron chi connectivity index (χ1n) is 4.83. The van der Waals surface area contributed by atoms with Crippen LogP contribution in [0.15, 0.2) is 35.1 Å². The van der Waals surface area contributed by atoms with E-state index in [-0.39, 0.29) is 11.7 Å². The minimum absolute atomic E-state index is 0.0969. The Balaban J connectivity index is 2.02. The highest BCUT2D eigenvalue weighted by molar-refractivity contribution is 14.1. The summed E-state index contributed by atoms with van der Waals surface area (Å²) in [5.41, 5.74) is 1.06. The molecule has 88 valence electrons. The Hall–Kier alpha value is -1.57. The quantitative estimate of drug-likeness (QED) is 0.835. The Labute approximate surface area is 111 Å². The van der Waals surface area contributed by atoms with Gasteiger partial charge in [-0.1, -0.05) is 5.16 Å². The van der Waals surface area contributed by atoms with Crippen molar-refractivity contribution < 1.29 is 14.4 Å². The minimum atomic E-state index is -0.264. The average Bonchev–Trinajstić information content (AvgIpc) is 2.82. The number of nitrogens with zero attached hydrogens (tertiary/aromatic N) is 1. The molecule has 0 aliphatic carbocycles. The van der Waals surface area contributed by atoms with Crippen molar-refractivity contribution in [3.8, 4) is 5.75 Å². The molecule has 6 heteroatoms. The highest BCUT2D eigenvalue weighted by Crippen LogP contribution is 2.20. The van der Waals surface area contributed by atoms with E-state index in [1.54, 1.807) is 18.2 Å². The summed E-state index contributed by atoms with van der Waals surface area (Å²) in [6.07, 6.45) is 1.44. The summed E-state index contributed by atoms with van der Waals surface area (Å²) in [5.74, 6) is -0.167. The number of benzene rings is 1. The first kappa shape index (κ1) is 11.9. The number of nitrogens with one attached hydrogen (secondary N) is 1. The van der Waals surface area contributed by atoms with Gasteiger partial charge in [0.15, 0.2) is 0 Å². The van der Waals surface area contributed by atoms with Gasteiger partial charge in [0.2, 0.25) is 0 Å². The van der Waals surface area contributed by atoms with Gasteiger partial charge in [-0.15, -0.1) is 0 Å². The molecule has 5 nitrogen and oxygen atoms in total. The molecule has 0 spiro atoms. The molecule has 0 saturated heterocycles. The van der Waals surface area contributed by atoms with Crippen molar-refractivity contribution in [2.75, 3.05) is 0 Å². The molecule has 0 atom stereocenters. The lowest BCUT2D eigenvalue weighted by Gasteiger charge is -2.04. The van der Waals surface area contributed by atoms with Crippen LogP contribution in [0.25, 0.3) is 0 Å². The number of phenols is 1. The summed E-state index contributed by atoms with van der Waals surface area (Å²) in [4.78, 5) is 11.7.